The van der Waals surface area contributed by atoms with Gasteiger partial charge in [0.05, 0.1) is 12.8 Å². The normalized spacial score (nSPS) is 10.8. The SMILES string of the molecule is c1cncc(-c2cn(CCCCCCOc3ccccc3-c3cccnc3)nn2)c1. The van der Waals surface area contributed by atoms with E-state index in [0.29, 0.717) is 6.61 Å². The Morgan fingerprint density at radius 3 is 2.33 bits per heavy atom. The largest absolute Gasteiger partial charge is 0.493 e. The minimum Gasteiger partial charge on any atom is -0.493 e. The van der Waals surface area contributed by atoms with Crippen molar-refractivity contribution in [1.29, 1.82) is 0 Å². The molecular formula is C24H25N5O. The van der Waals surface area contributed by atoms with Crippen molar-refractivity contribution in [3.05, 3.63) is 79.5 Å². The van der Waals surface area contributed by atoms with E-state index in [0.717, 1.165) is 60.4 Å². The smallest absolute Gasteiger partial charge is 0.127 e. The van der Waals surface area contributed by atoms with E-state index in [-0.39, 0.29) is 0 Å². The first-order chi connectivity index (χ1) is 14.9. The Morgan fingerprint density at radius 1 is 0.767 bits per heavy atom. The van der Waals surface area contributed by atoms with Crippen molar-refractivity contribution in [2.75, 3.05) is 6.61 Å². The van der Waals surface area contributed by atoms with Crippen LogP contribution in [0, 0.1) is 0 Å². The first-order valence-corrected chi connectivity index (χ1v) is 10.3. The maximum Gasteiger partial charge on any atom is 0.127 e. The molecule has 6 heteroatoms. The van der Waals surface area contributed by atoms with E-state index in [1.54, 1.807) is 18.6 Å². The zero-order valence-corrected chi connectivity index (χ0v) is 16.9. The summed E-state index contributed by atoms with van der Waals surface area (Å²) < 4.78 is 7.95. The Balaban J connectivity index is 1.17. The summed E-state index contributed by atoms with van der Waals surface area (Å²) in [6.07, 6.45) is 13.6. The van der Waals surface area contributed by atoms with Gasteiger partial charge in [0, 0.05) is 48.0 Å². The molecule has 0 N–H and O–H groups in total. The Hall–Kier alpha value is -3.54. The number of pyridine rings is 2. The third kappa shape index (κ3) is 5.29. The van der Waals surface area contributed by atoms with Crippen molar-refractivity contribution >= 4 is 0 Å². The summed E-state index contributed by atoms with van der Waals surface area (Å²) in [6.45, 7) is 1.59. The van der Waals surface area contributed by atoms with Crippen molar-refractivity contribution in [3.8, 4) is 28.1 Å². The molecule has 0 aliphatic rings. The summed E-state index contributed by atoms with van der Waals surface area (Å²) in [6, 6.07) is 16.0. The molecule has 0 saturated carbocycles. The lowest BCUT2D eigenvalue weighted by atomic mass is 10.1. The molecule has 0 unspecified atom stereocenters. The van der Waals surface area contributed by atoms with Crippen molar-refractivity contribution < 1.29 is 4.74 Å². The van der Waals surface area contributed by atoms with Gasteiger partial charge in [-0.05, 0) is 43.5 Å². The number of nitrogens with zero attached hydrogens (tertiary/aromatic N) is 5. The van der Waals surface area contributed by atoms with Crippen molar-refractivity contribution in [2.45, 2.75) is 32.2 Å². The number of hydrogen-bond acceptors (Lipinski definition) is 5. The highest BCUT2D eigenvalue weighted by Gasteiger charge is 2.06. The van der Waals surface area contributed by atoms with Gasteiger partial charge in [-0.25, -0.2) is 0 Å². The van der Waals surface area contributed by atoms with Crippen LogP contribution in [0.1, 0.15) is 25.7 Å². The number of ether oxygens (including phenoxy) is 1. The summed E-state index contributed by atoms with van der Waals surface area (Å²) in [5, 5.41) is 8.44. The highest BCUT2D eigenvalue weighted by molar-refractivity contribution is 5.69. The maximum atomic E-state index is 6.05. The molecule has 0 aliphatic carbocycles. The maximum absolute atomic E-state index is 6.05. The predicted molar refractivity (Wildman–Crippen MR) is 117 cm³/mol. The molecule has 4 aromatic rings. The Kier molecular flexibility index (Phi) is 6.78. The number of benzene rings is 1. The third-order valence-electron chi connectivity index (χ3n) is 4.89. The van der Waals surface area contributed by atoms with Crippen LogP contribution in [0.25, 0.3) is 22.4 Å². The van der Waals surface area contributed by atoms with E-state index in [2.05, 4.69) is 32.4 Å². The molecule has 3 aromatic heterocycles. The minimum atomic E-state index is 0.714. The number of hydrogen-bond donors (Lipinski definition) is 0. The Morgan fingerprint density at radius 2 is 1.53 bits per heavy atom. The van der Waals surface area contributed by atoms with Gasteiger partial charge in [0.15, 0.2) is 0 Å². The van der Waals surface area contributed by atoms with Crippen LogP contribution in [0.2, 0.25) is 0 Å². The molecule has 0 radical (unpaired) electrons. The molecule has 6 nitrogen and oxygen atoms in total. The second-order valence-electron chi connectivity index (χ2n) is 7.11. The van der Waals surface area contributed by atoms with Gasteiger partial charge in [-0.1, -0.05) is 35.9 Å². The topological polar surface area (TPSA) is 65.7 Å². The molecular weight excluding hydrogens is 374 g/mol. The van der Waals surface area contributed by atoms with Crippen LogP contribution < -0.4 is 4.74 Å². The van der Waals surface area contributed by atoms with Crippen molar-refractivity contribution in [2.24, 2.45) is 0 Å². The number of para-hydroxylation sites is 1. The van der Waals surface area contributed by atoms with E-state index in [1.165, 1.54) is 0 Å². The molecule has 30 heavy (non-hydrogen) atoms. The second-order valence-corrected chi connectivity index (χ2v) is 7.11. The zero-order valence-electron chi connectivity index (χ0n) is 16.9. The minimum absolute atomic E-state index is 0.714. The van der Waals surface area contributed by atoms with Crippen molar-refractivity contribution in [3.63, 3.8) is 0 Å². The quantitative estimate of drug-likeness (QED) is 0.350. The molecule has 0 amide bonds. The van der Waals surface area contributed by atoms with Crippen LogP contribution in [0.3, 0.4) is 0 Å². The number of aryl methyl sites for hydroxylation is 1. The van der Waals surface area contributed by atoms with E-state index in [9.17, 15) is 0 Å². The summed E-state index contributed by atoms with van der Waals surface area (Å²) in [4.78, 5) is 8.33. The molecule has 3 heterocycles. The highest BCUT2D eigenvalue weighted by atomic mass is 16.5. The lowest BCUT2D eigenvalue weighted by molar-refractivity contribution is 0.305. The summed E-state index contributed by atoms with van der Waals surface area (Å²) in [7, 11) is 0. The number of rotatable bonds is 10. The fraction of sp³-hybridized carbons (Fsp3) is 0.250. The summed E-state index contributed by atoms with van der Waals surface area (Å²) >= 11 is 0. The Labute approximate surface area is 176 Å². The predicted octanol–water partition coefficient (Wildman–Crippen LogP) is 5.04. The van der Waals surface area contributed by atoms with Gasteiger partial charge >= 0.3 is 0 Å². The van der Waals surface area contributed by atoms with Gasteiger partial charge in [0.2, 0.25) is 0 Å². The van der Waals surface area contributed by atoms with Crippen LogP contribution in [-0.4, -0.2) is 31.6 Å². The molecule has 1 aromatic carbocycles. The van der Waals surface area contributed by atoms with Gasteiger partial charge in [0.1, 0.15) is 11.4 Å². The van der Waals surface area contributed by atoms with Crippen LogP contribution in [0.4, 0.5) is 0 Å². The van der Waals surface area contributed by atoms with Gasteiger partial charge in [-0.15, -0.1) is 5.10 Å². The Bertz CT molecular complexity index is 1030. The molecule has 0 aliphatic heterocycles. The van der Waals surface area contributed by atoms with E-state index in [4.69, 9.17) is 4.74 Å². The van der Waals surface area contributed by atoms with Crippen LogP contribution in [-0.2, 0) is 6.54 Å². The second kappa shape index (κ2) is 10.3. The third-order valence-corrected chi connectivity index (χ3v) is 4.89. The van der Waals surface area contributed by atoms with Gasteiger partial charge in [-0.2, -0.15) is 0 Å². The average molecular weight is 399 g/mol. The fourth-order valence-electron chi connectivity index (χ4n) is 3.32. The molecule has 0 fully saturated rings. The molecule has 0 saturated heterocycles. The molecule has 0 spiro atoms. The van der Waals surface area contributed by atoms with Gasteiger partial charge in [-0.3, -0.25) is 14.6 Å². The van der Waals surface area contributed by atoms with Gasteiger partial charge < -0.3 is 4.74 Å². The lowest BCUT2D eigenvalue weighted by Gasteiger charge is -2.11. The monoisotopic (exact) mass is 399 g/mol. The van der Waals surface area contributed by atoms with Crippen molar-refractivity contribution in [1.82, 2.24) is 25.0 Å². The summed E-state index contributed by atoms with van der Waals surface area (Å²) in [5.41, 5.74) is 4.02. The zero-order chi connectivity index (χ0) is 20.4. The van der Waals surface area contributed by atoms with E-state index < -0.39 is 0 Å². The molecule has 152 valence electrons. The average Bonchev–Trinajstić information content (AvgIpc) is 3.29. The standard InChI is InChI=1S/C24H25N5O/c1(5-15-29-19-23(27-28-29)21-10-8-14-26-18-21)2-6-16-30-24-12-4-3-11-22(24)20-9-7-13-25-17-20/h3-4,7-14,17-19H,1-2,5-6,15-16H2. The molecule has 0 atom stereocenters. The summed E-state index contributed by atoms with van der Waals surface area (Å²) in [5.74, 6) is 0.913. The molecule has 0 bridgehead atoms. The van der Waals surface area contributed by atoms with E-state index >= 15 is 0 Å². The van der Waals surface area contributed by atoms with Gasteiger partial charge in [0.25, 0.3) is 0 Å². The lowest BCUT2D eigenvalue weighted by Crippen LogP contribution is -2.01. The first-order valence-electron chi connectivity index (χ1n) is 10.3. The number of aromatic nitrogens is 5. The highest BCUT2D eigenvalue weighted by Crippen LogP contribution is 2.29. The van der Waals surface area contributed by atoms with E-state index in [1.807, 2.05) is 53.5 Å². The fourth-order valence-corrected chi connectivity index (χ4v) is 3.32. The van der Waals surface area contributed by atoms with Crippen LogP contribution in [0.15, 0.2) is 79.5 Å². The van der Waals surface area contributed by atoms with Crippen LogP contribution >= 0.6 is 0 Å². The van der Waals surface area contributed by atoms with Crippen LogP contribution in [0.5, 0.6) is 5.75 Å². The number of unbranched alkanes of at least 4 members (excludes halogenated alkanes) is 3. The first kappa shape index (κ1) is 19.8. The molecule has 4 rings (SSSR count).